The molecule has 0 radical (unpaired) electrons. The van der Waals surface area contributed by atoms with Gasteiger partial charge in [0, 0.05) is 18.9 Å². The molecular weight excluding hydrogens is 208 g/mol. The molecule has 0 aromatic heterocycles. The van der Waals surface area contributed by atoms with Crippen LogP contribution in [0, 0.1) is 11.8 Å². The van der Waals surface area contributed by atoms with Gasteiger partial charge in [-0.05, 0) is 13.3 Å². The summed E-state index contributed by atoms with van der Waals surface area (Å²) in [6.07, 6.45) is 4.17. The van der Waals surface area contributed by atoms with Crippen LogP contribution in [0.5, 0.6) is 0 Å². The lowest BCUT2D eigenvalue weighted by molar-refractivity contribution is -0.146. The predicted octanol–water partition coefficient (Wildman–Crippen LogP) is 1.63. The number of esters is 1. The fourth-order valence-corrected chi connectivity index (χ4v) is 2.47. The second kappa shape index (κ2) is 4.29. The topological polar surface area (TPSA) is 44.8 Å². The van der Waals surface area contributed by atoms with E-state index < -0.39 is 0 Å². The van der Waals surface area contributed by atoms with Crippen LogP contribution in [0.25, 0.3) is 0 Å². The molecule has 0 bridgehead atoms. The predicted molar refractivity (Wildman–Crippen MR) is 57.3 cm³/mol. The van der Waals surface area contributed by atoms with Crippen molar-refractivity contribution in [2.24, 2.45) is 11.8 Å². The van der Waals surface area contributed by atoms with Crippen LogP contribution >= 0.6 is 0 Å². The molecule has 1 heterocycles. The maximum Gasteiger partial charge on any atom is 0.337 e. The fourth-order valence-electron chi connectivity index (χ4n) is 2.47. The standard InChI is InChI=1S/C12H16O4/c1-7-4-5-8-9(11(13)14-2)6-16-12(15-3)10(7)8/h4,6,8,10,12H,5H2,1-3H3. The van der Waals surface area contributed by atoms with Crippen molar-refractivity contribution in [3.05, 3.63) is 23.5 Å². The molecule has 0 saturated heterocycles. The zero-order valence-electron chi connectivity index (χ0n) is 9.73. The van der Waals surface area contributed by atoms with E-state index in [1.165, 1.54) is 18.9 Å². The number of hydrogen-bond acceptors (Lipinski definition) is 4. The first-order valence-corrected chi connectivity index (χ1v) is 5.32. The molecule has 2 rings (SSSR count). The minimum atomic E-state index is -0.312. The molecule has 0 aromatic carbocycles. The van der Waals surface area contributed by atoms with Gasteiger partial charge in [-0.15, -0.1) is 0 Å². The Kier molecular flexibility index (Phi) is 3.01. The molecule has 0 saturated carbocycles. The summed E-state index contributed by atoms with van der Waals surface area (Å²) in [6, 6.07) is 0. The van der Waals surface area contributed by atoms with Crippen molar-refractivity contribution in [3.8, 4) is 0 Å². The SMILES string of the molecule is COC(=O)C1=COC(OC)C2C(C)=CCC12. The number of ether oxygens (including phenoxy) is 3. The van der Waals surface area contributed by atoms with E-state index in [4.69, 9.17) is 14.2 Å². The van der Waals surface area contributed by atoms with Gasteiger partial charge >= 0.3 is 5.97 Å². The molecule has 0 N–H and O–H groups in total. The number of carbonyl (C=O) groups is 1. The molecule has 2 aliphatic rings. The second-order valence-corrected chi connectivity index (χ2v) is 4.12. The number of hydrogen-bond donors (Lipinski definition) is 0. The number of fused-ring (bicyclic) bond motifs is 1. The van der Waals surface area contributed by atoms with Crippen LogP contribution < -0.4 is 0 Å². The van der Waals surface area contributed by atoms with Gasteiger partial charge in [0.2, 0.25) is 6.29 Å². The summed E-state index contributed by atoms with van der Waals surface area (Å²) in [6.45, 7) is 2.04. The van der Waals surface area contributed by atoms with Gasteiger partial charge < -0.3 is 14.2 Å². The van der Waals surface area contributed by atoms with Crippen molar-refractivity contribution in [1.29, 1.82) is 0 Å². The highest BCUT2D eigenvalue weighted by molar-refractivity contribution is 5.89. The molecule has 4 nitrogen and oxygen atoms in total. The molecule has 3 unspecified atom stereocenters. The van der Waals surface area contributed by atoms with Gasteiger partial charge in [0.1, 0.15) is 0 Å². The summed E-state index contributed by atoms with van der Waals surface area (Å²) in [5.41, 5.74) is 1.82. The first-order chi connectivity index (χ1) is 7.69. The van der Waals surface area contributed by atoms with Gasteiger partial charge in [-0.1, -0.05) is 11.6 Å². The smallest absolute Gasteiger partial charge is 0.337 e. The molecular formula is C12H16O4. The molecule has 88 valence electrons. The van der Waals surface area contributed by atoms with Crippen LogP contribution in [0.15, 0.2) is 23.5 Å². The average Bonchev–Trinajstić information content (AvgIpc) is 2.70. The zero-order valence-corrected chi connectivity index (χ0v) is 9.73. The van der Waals surface area contributed by atoms with Crippen molar-refractivity contribution in [3.63, 3.8) is 0 Å². The largest absolute Gasteiger partial charge is 0.471 e. The van der Waals surface area contributed by atoms with E-state index in [9.17, 15) is 4.79 Å². The Hall–Kier alpha value is -1.29. The summed E-state index contributed by atoms with van der Waals surface area (Å²) in [4.78, 5) is 11.6. The Morgan fingerprint density at radius 1 is 1.50 bits per heavy atom. The Labute approximate surface area is 94.9 Å². The van der Waals surface area contributed by atoms with Crippen molar-refractivity contribution in [2.75, 3.05) is 14.2 Å². The van der Waals surface area contributed by atoms with Crippen LogP contribution in [-0.4, -0.2) is 26.5 Å². The van der Waals surface area contributed by atoms with Gasteiger partial charge in [0.25, 0.3) is 0 Å². The zero-order chi connectivity index (χ0) is 11.7. The van der Waals surface area contributed by atoms with Crippen LogP contribution in [0.1, 0.15) is 13.3 Å². The molecule has 0 amide bonds. The second-order valence-electron chi connectivity index (χ2n) is 4.12. The van der Waals surface area contributed by atoms with E-state index in [-0.39, 0.29) is 24.1 Å². The number of rotatable bonds is 2. The number of methoxy groups -OCH3 is 2. The van der Waals surface area contributed by atoms with Crippen molar-refractivity contribution < 1.29 is 19.0 Å². The quantitative estimate of drug-likeness (QED) is 0.528. The van der Waals surface area contributed by atoms with Crippen molar-refractivity contribution in [2.45, 2.75) is 19.6 Å². The van der Waals surface area contributed by atoms with Gasteiger partial charge in [0.05, 0.1) is 18.9 Å². The van der Waals surface area contributed by atoms with E-state index in [0.717, 1.165) is 6.42 Å². The lowest BCUT2D eigenvalue weighted by Gasteiger charge is -2.33. The van der Waals surface area contributed by atoms with E-state index in [2.05, 4.69) is 6.08 Å². The van der Waals surface area contributed by atoms with E-state index in [0.29, 0.717) is 5.57 Å². The highest BCUT2D eigenvalue weighted by atomic mass is 16.7. The molecule has 1 aliphatic heterocycles. The average molecular weight is 224 g/mol. The monoisotopic (exact) mass is 224 g/mol. The van der Waals surface area contributed by atoms with Crippen LogP contribution in [0.3, 0.4) is 0 Å². The summed E-state index contributed by atoms with van der Waals surface area (Å²) >= 11 is 0. The van der Waals surface area contributed by atoms with Crippen molar-refractivity contribution >= 4 is 5.97 Å². The van der Waals surface area contributed by atoms with Gasteiger partial charge in [-0.3, -0.25) is 0 Å². The molecule has 1 aliphatic carbocycles. The minimum Gasteiger partial charge on any atom is -0.471 e. The van der Waals surface area contributed by atoms with Crippen LogP contribution in [0.4, 0.5) is 0 Å². The molecule has 4 heteroatoms. The maximum atomic E-state index is 11.6. The van der Waals surface area contributed by atoms with E-state index in [1.807, 2.05) is 6.92 Å². The van der Waals surface area contributed by atoms with Gasteiger partial charge in [-0.25, -0.2) is 4.79 Å². The molecule has 0 fully saturated rings. The van der Waals surface area contributed by atoms with E-state index >= 15 is 0 Å². The van der Waals surface area contributed by atoms with Crippen molar-refractivity contribution in [1.82, 2.24) is 0 Å². The van der Waals surface area contributed by atoms with Crippen LogP contribution in [0.2, 0.25) is 0 Å². The van der Waals surface area contributed by atoms with Crippen LogP contribution in [-0.2, 0) is 19.0 Å². The van der Waals surface area contributed by atoms with E-state index in [1.54, 1.807) is 7.11 Å². The highest BCUT2D eigenvalue weighted by Crippen LogP contribution is 2.43. The number of allylic oxidation sites excluding steroid dienone is 1. The van der Waals surface area contributed by atoms with Gasteiger partial charge in [-0.2, -0.15) is 0 Å². The Morgan fingerprint density at radius 2 is 2.25 bits per heavy atom. The molecule has 0 spiro atoms. The summed E-state index contributed by atoms with van der Waals surface area (Å²) in [5.74, 6) is -0.0529. The number of carbonyl (C=O) groups excluding carboxylic acids is 1. The third-order valence-electron chi connectivity index (χ3n) is 3.33. The molecule has 3 atom stereocenters. The van der Waals surface area contributed by atoms with Gasteiger partial charge in [0.15, 0.2) is 0 Å². The maximum absolute atomic E-state index is 11.6. The normalized spacial score (nSPS) is 32.3. The third-order valence-corrected chi connectivity index (χ3v) is 3.33. The summed E-state index contributed by atoms with van der Waals surface area (Å²) in [7, 11) is 3.00. The molecule has 16 heavy (non-hydrogen) atoms. The Balaban J connectivity index is 2.27. The first-order valence-electron chi connectivity index (χ1n) is 5.32. The summed E-state index contributed by atoms with van der Waals surface area (Å²) < 4.78 is 15.4. The summed E-state index contributed by atoms with van der Waals surface area (Å²) in [5, 5.41) is 0. The first kappa shape index (κ1) is 11.2. The lowest BCUT2D eigenvalue weighted by atomic mass is 9.84. The third kappa shape index (κ3) is 1.63. The molecule has 0 aromatic rings. The Bertz CT molecular complexity index is 356. The highest BCUT2D eigenvalue weighted by Gasteiger charge is 2.42. The minimum absolute atomic E-state index is 0.129. The Morgan fingerprint density at radius 3 is 2.88 bits per heavy atom. The lowest BCUT2D eigenvalue weighted by Crippen LogP contribution is -2.35. The fraction of sp³-hybridized carbons (Fsp3) is 0.583.